The Morgan fingerprint density at radius 1 is 1.25 bits per heavy atom. The van der Waals surface area contributed by atoms with Gasteiger partial charge in [0.1, 0.15) is 0 Å². The van der Waals surface area contributed by atoms with E-state index in [0.717, 1.165) is 19.6 Å². The number of nitrogens with one attached hydrogen (secondary N) is 1. The summed E-state index contributed by atoms with van der Waals surface area (Å²) in [6, 6.07) is -0.109. The van der Waals surface area contributed by atoms with E-state index in [4.69, 9.17) is 0 Å². The predicted molar refractivity (Wildman–Crippen MR) is 67.1 cm³/mol. The van der Waals surface area contributed by atoms with E-state index >= 15 is 0 Å². The largest absolute Gasteiger partial charge is 0.345 e. The molecule has 2 rings (SSSR count). The number of hydrogen-bond donors (Lipinski definition) is 1. The van der Waals surface area contributed by atoms with Gasteiger partial charge < -0.3 is 15.0 Å². The van der Waals surface area contributed by atoms with Crippen molar-refractivity contribution in [3.05, 3.63) is 0 Å². The summed E-state index contributed by atoms with van der Waals surface area (Å²) in [4.78, 5) is 2.17. The molecule has 1 saturated heterocycles. The molecule has 2 aliphatic rings. The average molecular weight is 298 g/mol. The van der Waals surface area contributed by atoms with Crippen molar-refractivity contribution < 1.29 is 22.3 Å². The van der Waals surface area contributed by atoms with E-state index in [1.807, 2.05) is 0 Å². The standard InChI is InChI=1S/C13H22F4N2O/c14-12(15)20-9-11-8-19(6-5-18-11)7-10-1-3-13(16,17)4-2-10/h10-12,18H,1-9H2/t11-/m0/s1. The summed E-state index contributed by atoms with van der Waals surface area (Å²) >= 11 is 0. The molecule has 0 amide bonds. The highest BCUT2D eigenvalue weighted by molar-refractivity contribution is 4.83. The van der Waals surface area contributed by atoms with Gasteiger partial charge in [-0.25, -0.2) is 8.78 Å². The van der Waals surface area contributed by atoms with Gasteiger partial charge in [-0.15, -0.1) is 0 Å². The van der Waals surface area contributed by atoms with Crippen LogP contribution in [-0.4, -0.2) is 56.3 Å². The second-order valence-corrected chi connectivity index (χ2v) is 5.80. The fourth-order valence-corrected chi connectivity index (χ4v) is 3.01. The minimum absolute atomic E-state index is 0.0170. The van der Waals surface area contributed by atoms with Crippen molar-refractivity contribution in [2.24, 2.45) is 5.92 Å². The molecule has 7 heteroatoms. The molecule has 1 saturated carbocycles. The normalized spacial score (nSPS) is 28.9. The minimum Gasteiger partial charge on any atom is -0.321 e. The molecule has 1 aliphatic carbocycles. The maximum Gasteiger partial charge on any atom is 0.345 e. The zero-order valence-corrected chi connectivity index (χ0v) is 11.5. The van der Waals surface area contributed by atoms with Crippen molar-refractivity contribution in [1.82, 2.24) is 10.2 Å². The molecule has 118 valence electrons. The third-order valence-corrected chi connectivity index (χ3v) is 4.12. The van der Waals surface area contributed by atoms with Crippen LogP contribution < -0.4 is 5.32 Å². The highest BCUT2D eigenvalue weighted by Gasteiger charge is 2.35. The Labute approximate surface area is 116 Å². The number of ether oxygens (including phenoxy) is 1. The van der Waals surface area contributed by atoms with Crippen molar-refractivity contribution in [3.8, 4) is 0 Å². The molecule has 0 aromatic rings. The molecule has 1 aliphatic heterocycles. The predicted octanol–water partition coefficient (Wildman–Crippen LogP) is 2.32. The molecule has 2 fully saturated rings. The molecular weight excluding hydrogens is 276 g/mol. The molecule has 0 radical (unpaired) electrons. The van der Waals surface area contributed by atoms with Crippen LogP contribution in [0.25, 0.3) is 0 Å². The van der Waals surface area contributed by atoms with Crippen LogP contribution in [0.3, 0.4) is 0 Å². The molecule has 1 N–H and O–H groups in total. The molecule has 20 heavy (non-hydrogen) atoms. The van der Waals surface area contributed by atoms with Gasteiger partial charge in [0, 0.05) is 45.1 Å². The van der Waals surface area contributed by atoms with Gasteiger partial charge >= 0.3 is 6.61 Å². The number of nitrogens with zero attached hydrogens (tertiary/aromatic N) is 1. The Kier molecular flexibility index (Phi) is 5.63. The van der Waals surface area contributed by atoms with Crippen molar-refractivity contribution in [2.45, 2.75) is 44.3 Å². The summed E-state index contributed by atoms with van der Waals surface area (Å²) in [6.07, 6.45) is 1.05. The zero-order valence-electron chi connectivity index (χ0n) is 11.5. The lowest BCUT2D eigenvalue weighted by molar-refractivity contribution is -0.136. The molecule has 1 atom stereocenters. The van der Waals surface area contributed by atoms with E-state index in [0.29, 0.717) is 25.3 Å². The van der Waals surface area contributed by atoms with E-state index in [2.05, 4.69) is 15.0 Å². The maximum absolute atomic E-state index is 13.1. The van der Waals surface area contributed by atoms with Crippen molar-refractivity contribution in [3.63, 3.8) is 0 Å². The van der Waals surface area contributed by atoms with Crippen LogP contribution in [0.4, 0.5) is 17.6 Å². The Morgan fingerprint density at radius 2 is 1.95 bits per heavy atom. The Morgan fingerprint density at radius 3 is 2.60 bits per heavy atom. The highest BCUT2D eigenvalue weighted by atomic mass is 19.3. The zero-order chi connectivity index (χ0) is 14.6. The average Bonchev–Trinajstić information content (AvgIpc) is 2.39. The Bertz CT molecular complexity index is 294. The molecular formula is C13H22F4N2O. The van der Waals surface area contributed by atoms with E-state index in [9.17, 15) is 17.6 Å². The smallest absolute Gasteiger partial charge is 0.321 e. The third-order valence-electron chi connectivity index (χ3n) is 4.12. The van der Waals surface area contributed by atoms with Crippen molar-refractivity contribution in [2.75, 3.05) is 32.8 Å². The van der Waals surface area contributed by atoms with Crippen LogP contribution >= 0.6 is 0 Å². The van der Waals surface area contributed by atoms with Gasteiger partial charge in [0.15, 0.2) is 0 Å². The van der Waals surface area contributed by atoms with Gasteiger partial charge in [-0.2, -0.15) is 8.78 Å². The van der Waals surface area contributed by atoms with Crippen LogP contribution in [0.15, 0.2) is 0 Å². The lowest BCUT2D eigenvalue weighted by Gasteiger charge is -2.37. The van der Waals surface area contributed by atoms with Gasteiger partial charge in [-0.05, 0) is 18.8 Å². The minimum atomic E-state index is -2.74. The quantitative estimate of drug-likeness (QED) is 0.788. The molecule has 0 spiro atoms. The first-order chi connectivity index (χ1) is 9.44. The topological polar surface area (TPSA) is 24.5 Å². The van der Waals surface area contributed by atoms with Gasteiger partial charge in [0.2, 0.25) is 5.92 Å². The summed E-state index contributed by atoms with van der Waals surface area (Å²) in [6.45, 7) is 0.213. The molecule has 1 heterocycles. The molecule has 0 bridgehead atoms. The van der Waals surface area contributed by atoms with Crippen LogP contribution in [0, 0.1) is 5.92 Å². The van der Waals surface area contributed by atoms with Crippen LogP contribution in [0.2, 0.25) is 0 Å². The summed E-state index contributed by atoms with van der Waals surface area (Å²) in [5.41, 5.74) is 0. The highest BCUT2D eigenvalue weighted by Crippen LogP contribution is 2.36. The van der Waals surface area contributed by atoms with Gasteiger partial charge in [-0.1, -0.05) is 0 Å². The SMILES string of the molecule is FC(F)OC[C@@H]1CN(CC2CCC(F)(F)CC2)CCN1. The first-order valence-corrected chi connectivity index (χ1v) is 7.18. The van der Waals surface area contributed by atoms with Crippen LogP contribution in [-0.2, 0) is 4.74 Å². The first-order valence-electron chi connectivity index (χ1n) is 7.18. The van der Waals surface area contributed by atoms with Gasteiger partial charge in [0.25, 0.3) is 0 Å². The van der Waals surface area contributed by atoms with Crippen molar-refractivity contribution >= 4 is 0 Å². The third kappa shape index (κ3) is 5.18. The summed E-state index contributed by atoms with van der Waals surface area (Å²) < 4.78 is 54.5. The monoisotopic (exact) mass is 298 g/mol. The second kappa shape index (κ2) is 7.04. The second-order valence-electron chi connectivity index (χ2n) is 5.80. The van der Waals surface area contributed by atoms with Crippen molar-refractivity contribution in [1.29, 1.82) is 0 Å². The fourth-order valence-electron chi connectivity index (χ4n) is 3.01. The number of halogens is 4. The first kappa shape index (κ1) is 16.0. The van der Waals surface area contributed by atoms with E-state index < -0.39 is 12.5 Å². The number of piperazine rings is 1. The molecule has 0 aromatic carbocycles. The fraction of sp³-hybridized carbons (Fsp3) is 1.00. The molecule has 0 unspecified atom stereocenters. The number of hydrogen-bond acceptors (Lipinski definition) is 3. The van der Waals surface area contributed by atoms with E-state index in [-0.39, 0.29) is 25.5 Å². The van der Waals surface area contributed by atoms with Crippen LogP contribution in [0.5, 0.6) is 0 Å². The van der Waals surface area contributed by atoms with Gasteiger partial charge in [0.05, 0.1) is 6.61 Å². The summed E-state index contributed by atoms with van der Waals surface area (Å²) in [7, 11) is 0. The van der Waals surface area contributed by atoms with Gasteiger partial charge in [-0.3, -0.25) is 0 Å². The summed E-state index contributed by atoms with van der Waals surface area (Å²) in [5, 5.41) is 3.13. The van der Waals surface area contributed by atoms with Crippen LogP contribution in [0.1, 0.15) is 25.7 Å². The Hall–Kier alpha value is -0.400. The summed E-state index contributed by atoms with van der Waals surface area (Å²) in [5.74, 6) is -2.20. The number of alkyl halides is 4. The Balaban J connectivity index is 1.70. The maximum atomic E-state index is 13.1. The lowest BCUT2D eigenvalue weighted by Crippen LogP contribution is -2.53. The number of rotatable bonds is 5. The molecule has 3 nitrogen and oxygen atoms in total. The van der Waals surface area contributed by atoms with E-state index in [1.165, 1.54) is 0 Å². The van der Waals surface area contributed by atoms with E-state index in [1.54, 1.807) is 0 Å². The molecule has 0 aromatic heterocycles. The lowest BCUT2D eigenvalue weighted by atomic mass is 9.86.